The molecule has 0 radical (unpaired) electrons. The number of hydrogen-bond acceptors (Lipinski definition) is 6. The second kappa shape index (κ2) is 12.6. The first-order valence-electron chi connectivity index (χ1n) is 12.3. The first-order chi connectivity index (χ1) is 18.8. The molecule has 0 saturated heterocycles. The zero-order valence-electron chi connectivity index (χ0n) is 21.6. The van der Waals surface area contributed by atoms with Crippen LogP contribution in [-0.4, -0.2) is 30.5 Å². The third-order valence-electron chi connectivity index (χ3n) is 5.76. The molecule has 7 nitrogen and oxygen atoms in total. The van der Waals surface area contributed by atoms with E-state index in [2.05, 4.69) is 10.6 Å². The summed E-state index contributed by atoms with van der Waals surface area (Å²) < 4.78 is 11.0. The maximum atomic E-state index is 13.1. The van der Waals surface area contributed by atoms with Crippen LogP contribution in [0.15, 0.2) is 78.9 Å². The number of carbonyl (C=O) groups excluding carboxylic acids is 3. The first kappa shape index (κ1) is 27.9. The van der Waals surface area contributed by atoms with E-state index in [0.29, 0.717) is 32.6 Å². The molecule has 0 unspecified atom stereocenters. The van der Waals surface area contributed by atoms with Crippen LogP contribution in [0, 0.1) is 6.92 Å². The molecule has 4 rings (SSSR count). The number of benzene rings is 3. The van der Waals surface area contributed by atoms with Gasteiger partial charge in [0.2, 0.25) is 0 Å². The standard InChI is InChI=1S/C30H27ClN2O5S/c1-4-37-30(36)26-25(20-8-6-5-7-9-20)19(3)39-29(26)33-28(35)21-10-16-24(17-11-21)38-18(2)27(34)32-23-14-12-22(31)13-15-23/h5-18H,4H2,1-3H3,(H,32,34)(H,33,35)/t18-/m1/s1. The molecular weight excluding hydrogens is 536 g/mol. The zero-order valence-corrected chi connectivity index (χ0v) is 23.2. The van der Waals surface area contributed by atoms with Gasteiger partial charge in [-0.15, -0.1) is 11.3 Å². The number of hydrogen-bond donors (Lipinski definition) is 2. The van der Waals surface area contributed by atoms with Gasteiger partial charge in [0, 0.05) is 26.7 Å². The highest BCUT2D eigenvalue weighted by Crippen LogP contribution is 2.40. The van der Waals surface area contributed by atoms with E-state index in [-0.39, 0.29) is 18.4 Å². The molecule has 4 aromatic rings. The van der Waals surface area contributed by atoms with Crippen molar-refractivity contribution in [1.29, 1.82) is 0 Å². The van der Waals surface area contributed by atoms with Crippen molar-refractivity contribution in [2.75, 3.05) is 17.2 Å². The summed E-state index contributed by atoms with van der Waals surface area (Å²) in [6.45, 7) is 5.49. The lowest BCUT2D eigenvalue weighted by molar-refractivity contribution is -0.122. The molecule has 0 aliphatic rings. The fourth-order valence-corrected chi connectivity index (χ4v) is 5.06. The molecule has 0 saturated carbocycles. The van der Waals surface area contributed by atoms with E-state index >= 15 is 0 Å². The number of thiophene rings is 1. The van der Waals surface area contributed by atoms with Gasteiger partial charge in [-0.2, -0.15) is 0 Å². The highest BCUT2D eigenvalue weighted by Gasteiger charge is 2.26. The van der Waals surface area contributed by atoms with Crippen molar-refractivity contribution in [1.82, 2.24) is 0 Å². The summed E-state index contributed by atoms with van der Waals surface area (Å²) in [7, 11) is 0. The van der Waals surface area contributed by atoms with Gasteiger partial charge in [-0.1, -0.05) is 41.9 Å². The number of ether oxygens (including phenoxy) is 2. The molecule has 0 aliphatic heterocycles. The number of anilines is 2. The second-order valence-electron chi connectivity index (χ2n) is 8.56. The van der Waals surface area contributed by atoms with Crippen molar-refractivity contribution in [2.45, 2.75) is 26.9 Å². The highest BCUT2D eigenvalue weighted by atomic mass is 35.5. The Morgan fingerprint density at radius 1 is 0.923 bits per heavy atom. The third kappa shape index (κ3) is 6.85. The maximum Gasteiger partial charge on any atom is 0.341 e. The fraction of sp³-hybridized carbons (Fsp3) is 0.167. The van der Waals surface area contributed by atoms with Crippen molar-refractivity contribution in [3.05, 3.63) is 99.9 Å². The number of halogens is 1. The second-order valence-corrected chi connectivity index (χ2v) is 10.2. The van der Waals surface area contributed by atoms with Gasteiger partial charge < -0.3 is 20.1 Å². The topological polar surface area (TPSA) is 93.7 Å². The molecule has 200 valence electrons. The van der Waals surface area contributed by atoms with E-state index in [9.17, 15) is 14.4 Å². The zero-order chi connectivity index (χ0) is 27.9. The van der Waals surface area contributed by atoms with Crippen LogP contribution in [0.1, 0.15) is 39.4 Å². The van der Waals surface area contributed by atoms with Gasteiger partial charge in [-0.05, 0) is 74.9 Å². The van der Waals surface area contributed by atoms with Crippen LogP contribution in [0.2, 0.25) is 5.02 Å². The molecule has 2 amide bonds. The van der Waals surface area contributed by atoms with E-state index in [4.69, 9.17) is 21.1 Å². The van der Waals surface area contributed by atoms with Crippen LogP contribution in [0.5, 0.6) is 5.75 Å². The van der Waals surface area contributed by atoms with Crippen LogP contribution in [0.25, 0.3) is 11.1 Å². The quantitative estimate of drug-likeness (QED) is 0.210. The lowest BCUT2D eigenvalue weighted by Crippen LogP contribution is -2.30. The Labute approximate surface area is 235 Å². The molecule has 0 spiro atoms. The molecule has 0 aliphatic carbocycles. The van der Waals surface area contributed by atoms with Gasteiger partial charge >= 0.3 is 5.97 Å². The van der Waals surface area contributed by atoms with Crippen molar-refractivity contribution in [3.8, 4) is 16.9 Å². The Morgan fingerprint density at radius 3 is 2.23 bits per heavy atom. The summed E-state index contributed by atoms with van der Waals surface area (Å²) >= 11 is 7.20. The highest BCUT2D eigenvalue weighted by molar-refractivity contribution is 7.17. The molecule has 1 heterocycles. The first-order valence-corrected chi connectivity index (χ1v) is 13.5. The van der Waals surface area contributed by atoms with Gasteiger partial charge in [0.15, 0.2) is 6.10 Å². The molecule has 0 fully saturated rings. The van der Waals surface area contributed by atoms with Gasteiger partial charge in [-0.3, -0.25) is 9.59 Å². The summed E-state index contributed by atoms with van der Waals surface area (Å²) in [4.78, 5) is 39.4. The molecule has 1 atom stereocenters. The minimum absolute atomic E-state index is 0.215. The Morgan fingerprint density at radius 2 is 1.59 bits per heavy atom. The minimum atomic E-state index is -0.780. The van der Waals surface area contributed by atoms with Gasteiger partial charge in [0.1, 0.15) is 16.3 Å². The molecule has 1 aromatic heterocycles. The van der Waals surface area contributed by atoms with Crippen molar-refractivity contribution in [2.24, 2.45) is 0 Å². The predicted octanol–water partition coefficient (Wildman–Crippen LogP) is 7.21. The SMILES string of the molecule is CCOC(=O)c1c(NC(=O)c2ccc(O[C@H](C)C(=O)Nc3ccc(Cl)cc3)cc2)sc(C)c1-c1ccccc1. The van der Waals surface area contributed by atoms with E-state index in [1.807, 2.05) is 37.3 Å². The lowest BCUT2D eigenvalue weighted by Gasteiger charge is -2.15. The fourth-order valence-electron chi connectivity index (χ4n) is 3.88. The molecule has 2 N–H and O–H groups in total. The van der Waals surface area contributed by atoms with Crippen LogP contribution in [0.4, 0.5) is 10.7 Å². The molecule has 3 aromatic carbocycles. The number of nitrogens with one attached hydrogen (secondary N) is 2. The van der Waals surface area contributed by atoms with Gasteiger partial charge in [0.05, 0.1) is 6.61 Å². The third-order valence-corrected chi connectivity index (χ3v) is 7.04. The predicted molar refractivity (Wildman–Crippen MR) is 155 cm³/mol. The summed E-state index contributed by atoms with van der Waals surface area (Å²) in [6.07, 6.45) is -0.780. The van der Waals surface area contributed by atoms with Crippen molar-refractivity contribution in [3.63, 3.8) is 0 Å². The average molecular weight is 563 g/mol. The molecule has 39 heavy (non-hydrogen) atoms. The Kier molecular flexibility index (Phi) is 9.01. The van der Waals surface area contributed by atoms with Gasteiger partial charge in [0.25, 0.3) is 11.8 Å². The number of rotatable bonds is 9. The van der Waals surface area contributed by atoms with E-state index in [0.717, 1.165) is 16.0 Å². The van der Waals surface area contributed by atoms with Gasteiger partial charge in [-0.25, -0.2) is 4.79 Å². The summed E-state index contributed by atoms with van der Waals surface area (Å²) in [5.41, 5.74) is 2.91. The average Bonchev–Trinajstić information content (AvgIpc) is 3.26. The van der Waals surface area contributed by atoms with E-state index in [1.165, 1.54) is 11.3 Å². The largest absolute Gasteiger partial charge is 0.481 e. The summed E-state index contributed by atoms with van der Waals surface area (Å²) in [6, 6.07) is 22.7. The van der Waals surface area contributed by atoms with Crippen LogP contribution in [0.3, 0.4) is 0 Å². The van der Waals surface area contributed by atoms with Crippen LogP contribution >= 0.6 is 22.9 Å². The van der Waals surface area contributed by atoms with E-state index in [1.54, 1.807) is 62.4 Å². The Bertz CT molecular complexity index is 1470. The Hall–Kier alpha value is -4.14. The Balaban J connectivity index is 1.47. The smallest absolute Gasteiger partial charge is 0.341 e. The van der Waals surface area contributed by atoms with E-state index < -0.39 is 12.1 Å². The monoisotopic (exact) mass is 562 g/mol. The van der Waals surface area contributed by atoms with Crippen LogP contribution in [-0.2, 0) is 9.53 Å². The summed E-state index contributed by atoms with van der Waals surface area (Å²) in [5, 5.41) is 6.63. The van der Waals surface area contributed by atoms with Crippen LogP contribution < -0.4 is 15.4 Å². The number of esters is 1. The number of aryl methyl sites for hydroxylation is 1. The molecular formula is C30H27ClN2O5S. The number of amides is 2. The molecule has 9 heteroatoms. The van der Waals surface area contributed by atoms with Crippen molar-refractivity contribution < 1.29 is 23.9 Å². The maximum absolute atomic E-state index is 13.1. The summed E-state index contributed by atoms with van der Waals surface area (Å²) in [5.74, 6) is -0.782. The minimum Gasteiger partial charge on any atom is -0.481 e. The molecule has 0 bridgehead atoms. The lowest BCUT2D eigenvalue weighted by atomic mass is 10.0. The normalized spacial score (nSPS) is 11.4. The number of carbonyl (C=O) groups is 3. The van der Waals surface area contributed by atoms with Crippen molar-refractivity contribution >= 4 is 51.4 Å².